The number of hydrogen-bond donors (Lipinski definition) is 1. The van der Waals surface area contributed by atoms with Crippen LogP contribution in [-0.2, 0) is 12.1 Å². The molecule has 0 unspecified atom stereocenters. The zero-order valence-electron chi connectivity index (χ0n) is 10.8. The maximum absolute atomic E-state index is 13.3. The fourth-order valence-corrected chi connectivity index (χ4v) is 1.97. The Kier molecular flexibility index (Phi) is 3.17. The quantitative estimate of drug-likeness (QED) is 0.887. The van der Waals surface area contributed by atoms with Gasteiger partial charge in [0.1, 0.15) is 11.6 Å². The van der Waals surface area contributed by atoms with Gasteiger partial charge in [-0.25, -0.2) is 4.39 Å². The third kappa shape index (κ3) is 2.26. The third-order valence-electron chi connectivity index (χ3n) is 2.67. The monoisotopic (exact) mass is 248 g/mol. The van der Waals surface area contributed by atoms with Crippen molar-refractivity contribution in [3.8, 4) is 11.4 Å². The second-order valence-electron chi connectivity index (χ2n) is 5.16. The number of aromatic nitrogens is 3. The molecular weight excluding hydrogens is 231 g/mol. The van der Waals surface area contributed by atoms with Crippen LogP contribution in [0, 0.1) is 5.82 Å². The molecule has 0 radical (unpaired) electrons. The molecule has 0 saturated heterocycles. The van der Waals surface area contributed by atoms with E-state index in [1.165, 1.54) is 12.1 Å². The molecule has 18 heavy (non-hydrogen) atoms. The Labute approximate surface area is 106 Å². The number of nitrogens with two attached hydrogens (primary N) is 1. The molecule has 0 amide bonds. The molecule has 2 N–H and O–H groups in total. The van der Waals surface area contributed by atoms with Crippen molar-refractivity contribution < 1.29 is 4.39 Å². The second-order valence-corrected chi connectivity index (χ2v) is 5.16. The molecule has 0 saturated carbocycles. The molecule has 0 aliphatic heterocycles. The summed E-state index contributed by atoms with van der Waals surface area (Å²) < 4.78 is 15.2. The average molecular weight is 248 g/mol. The first-order valence-electron chi connectivity index (χ1n) is 5.84. The number of halogens is 1. The molecule has 0 bridgehead atoms. The summed E-state index contributed by atoms with van der Waals surface area (Å²) in [6.07, 6.45) is 0. The lowest BCUT2D eigenvalue weighted by Gasteiger charge is -2.24. The Morgan fingerprint density at radius 2 is 2.00 bits per heavy atom. The zero-order valence-corrected chi connectivity index (χ0v) is 10.8. The van der Waals surface area contributed by atoms with Gasteiger partial charge in [0.25, 0.3) is 0 Å². The van der Waals surface area contributed by atoms with Gasteiger partial charge in [-0.1, -0.05) is 12.1 Å². The van der Waals surface area contributed by atoms with E-state index in [0.29, 0.717) is 23.8 Å². The summed E-state index contributed by atoms with van der Waals surface area (Å²) in [5, 5.41) is 8.20. The second kappa shape index (κ2) is 4.49. The first-order valence-corrected chi connectivity index (χ1v) is 5.84. The van der Waals surface area contributed by atoms with Crippen LogP contribution in [-0.4, -0.2) is 14.8 Å². The molecule has 96 valence electrons. The van der Waals surface area contributed by atoms with Gasteiger partial charge in [-0.15, -0.1) is 10.2 Å². The van der Waals surface area contributed by atoms with Gasteiger partial charge in [-0.3, -0.25) is 0 Å². The van der Waals surface area contributed by atoms with Crippen LogP contribution in [0.1, 0.15) is 26.6 Å². The predicted molar refractivity (Wildman–Crippen MR) is 68.3 cm³/mol. The summed E-state index contributed by atoms with van der Waals surface area (Å²) in [5.41, 5.74) is 6.17. The van der Waals surface area contributed by atoms with E-state index < -0.39 is 0 Å². The van der Waals surface area contributed by atoms with E-state index in [1.54, 1.807) is 6.07 Å². The van der Waals surface area contributed by atoms with Gasteiger partial charge in [0.05, 0.1) is 6.54 Å². The molecular formula is C13H17FN4. The highest BCUT2D eigenvalue weighted by Crippen LogP contribution is 2.26. The Balaban J connectivity index is 2.62. The van der Waals surface area contributed by atoms with E-state index in [9.17, 15) is 4.39 Å². The molecule has 1 aromatic carbocycles. The summed E-state index contributed by atoms with van der Waals surface area (Å²) in [5.74, 6) is 1.05. The third-order valence-corrected chi connectivity index (χ3v) is 2.67. The van der Waals surface area contributed by atoms with Gasteiger partial charge in [0.15, 0.2) is 5.82 Å². The molecule has 1 aromatic heterocycles. The lowest BCUT2D eigenvalue weighted by Crippen LogP contribution is -2.26. The smallest absolute Gasteiger partial charge is 0.164 e. The molecule has 0 atom stereocenters. The summed E-state index contributed by atoms with van der Waals surface area (Å²) in [4.78, 5) is 0. The van der Waals surface area contributed by atoms with E-state index in [4.69, 9.17) is 5.73 Å². The molecule has 4 nitrogen and oxygen atoms in total. The highest BCUT2D eigenvalue weighted by atomic mass is 19.1. The molecule has 0 fully saturated rings. The van der Waals surface area contributed by atoms with E-state index in [1.807, 2.05) is 31.4 Å². The fourth-order valence-electron chi connectivity index (χ4n) is 1.97. The largest absolute Gasteiger partial charge is 0.324 e. The first kappa shape index (κ1) is 12.7. The maximum atomic E-state index is 13.3. The number of rotatable bonds is 2. The summed E-state index contributed by atoms with van der Waals surface area (Å²) in [6, 6.07) is 6.34. The van der Waals surface area contributed by atoms with Gasteiger partial charge >= 0.3 is 0 Å². The molecule has 0 aliphatic carbocycles. The van der Waals surface area contributed by atoms with Crippen molar-refractivity contribution in [3.63, 3.8) is 0 Å². The molecule has 0 aliphatic rings. The number of hydrogen-bond acceptors (Lipinski definition) is 3. The van der Waals surface area contributed by atoms with Crippen LogP contribution in [0.3, 0.4) is 0 Å². The minimum Gasteiger partial charge on any atom is -0.324 e. The Morgan fingerprint density at radius 1 is 1.28 bits per heavy atom. The van der Waals surface area contributed by atoms with Crippen molar-refractivity contribution in [2.45, 2.75) is 32.9 Å². The highest BCUT2D eigenvalue weighted by molar-refractivity contribution is 5.55. The molecule has 5 heteroatoms. The maximum Gasteiger partial charge on any atom is 0.164 e. The molecule has 0 spiro atoms. The van der Waals surface area contributed by atoms with Gasteiger partial charge in [-0.2, -0.15) is 0 Å². The fraction of sp³-hybridized carbons (Fsp3) is 0.385. The van der Waals surface area contributed by atoms with Crippen LogP contribution in [0.15, 0.2) is 24.3 Å². The first-order chi connectivity index (χ1) is 8.43. The minimum atomic E-state index is -0.287. The van der Waals surface area contributed by atoms with Crippen molar-refractivity contribution in [1.29, 1.82) is 0 Å². The average Bonchev–Trinajstić information content (AvgIpc) is 2.72. The number of benzene rings is 1. The van der Waals surface area contributed by atoms with Crippen LogP contribution < -0.4 is 5.73 Å². The van der Waals surface area contributed by atoms with Crippen LogP contribution in [0.25, 0.3) is 11.4 Å². The molecule has 2 rings (SSSR count). The van der Waals surface area contributed by atoms with Crippen molar-refractivity contribution >= 4 is 0 Å². The Morgan fingerprint density at radius 3 is 2.56 bits per heavy atom. The van der Waals surface area contributed by atoms with Gasteiger partial charge in [-0.05, 0) is 32.9 Å². The van der Waals surface area contributed by atoms with Crippen molar-refractivity contribution in [2.75, 3.05) is 0 Å². The van der Waals surface area contributed by atoms with Crippen molar-refractivity contribution in [1.82, 2.24) is 14.8 Å². The van der Waals surface area contributed by atoms with E-state index in [2.05, 4.69) is 10.2 Å². The standard InChI is InChI=1S/C13H17FN4/c1-13(2,3)18-11(8-15)16-17-12(18)9-5-4-6-10(14)7-9/h4-7H,8,15H2,1-3H3. The Bertz CT molecular complexity index is 554. The zero-order chi connectivity index (χ0) is 13.3. The van der Waals surface area contributed by atoms with Crippen molar-refractivity contribution in [2.24, 2.45) is 5.73 Å². The lowest BCUT2D eigenvalue weighted by atomic mass is 10.1. The van der Waals surface area contributed by atoms with Crippen LogP contribution in [0.4, 0.5) is 4.39 Å². The van der Waals surface area contributed by atoms with E-state index in [-0.39, 0.29) is 11.4 Å². The minimum absolute atomic E-state index is 0.208. The summed E-state index contributed by atoms with van der Waals surface area (Å²) in [6.45, 7) is 6.43. The summed E-state index contributed by atoms with van der Waals surface area (Å²) in [7, 11) is 0. The number of nitrogens with zero attached hydrogens (tertiary/aromatic N) is 3. The van der Waals surface area contributed by atoms with Gasteiger partial charge in [0, 0.05) is 11.1 Å². The molecule has 1 heterocycles. The van der Waals surface area contributed by atoms with Crippen LogP contribution in [0.2, 0.25) is 0 Å². The summed E-state index contributed by atoms with van der Waals surface area (Å²) >= 11 is 0. The SMILES string of the molecule is CC(C)(C)n1c(CN)nnc1-c1cccc(F)c1. The van der Waals surface area contributed by atoms with Gasteiger partial charge < -0.3 is 10.3 Å². The highest BCUT2D eigenvalue weighted by Gasteiger charge is 2.23. The van der Waals surface area contributed by atoms with Crippen molar-refractivity contribution in [3.05, 3.63) is 35.9 Å². The topological polar surface area (TPSA) is 56.7 Å². The lowest BCUT2D eigenvalue weighted by molar-refractivity contribution is 0.386. The normalized spacial score (nSPS) is 11.8. The predicted octanol–water partition coefficient (Wildman–Crippen LogP) is 2.30. The van der Waals surface area contributed by atoms with E-state index >= 15 is 0 Å². The van der Waals surface area contributed by atoms with E-state index in [0.717, 1.165) is 0 Å². The molecule has 2 aromatic rings. The van der Waals surface area contributed by atoms with Crippen LogP contribution in [0.5, 0.6) is 0 Å². The van der Waals surface area contributed by atoms with Crippen LogP contribution >= 0.6 is 0 Å². The Hall–Kier alpha value is -1.75. The van der Waals surface area contributed by atoms with Gasteiger partial charge in [0.2, 0.25) is 0 Å².